The van der Waals surface area contributed by atoms with Crippen molar-refractivity contribution in [2.75, 3.05) is 7.11 Å². The fraction of sp³-hybridized carbons (Fsp3) is 0.818. The molecule has 0 bridgehead atoms. The molecule has 7 nitrogen and oxygen atoms in total. The molecule has 0 aliphatic heterocycles. The van der Waals surface area contributed by atoms with Crippen LogP contribution in [0.15, 0.2) is 5.16 Å². The minimum absolute atomic E-state index is 0.192. The van der Waals surface area contributed by atoms with Crippen molar-refractivity contribution in [1.82, 2.24) is 14.8 Å². The first-order valence-electron chi connectivity index (χ1n) is 6.07. The van der Waals surface area contributed by atoms with Crippen LogP contribution in [0.2, 0.25) is 0 Å². The number of hydrogen-bond donors (Lipinski definition) is 1. The second kappa shape index (κ2) is 5.56. The fourth-order valence-corrected chi connectivity index (χ4v) is 2.30. The average Bonchev–Trinajstić information content (AvgIpc) is 2.59. The Morgan fingerprint density at radius 1 is 1.37 bits per heavy atom. The Morgan fingerprint density at radius 2 is 1.95 bits per heavy atom. The Balaban J connectivity index is 3.23. The molecule has 0 aliphatic carbocycles. The number of nitrogens with two attached hydrogens (primary N) is 1. The first-order valence-corrected chi connectivity index (χ1v) is 7.61. The van der Waals surface area contributed by atoms with Gasteiger partial charge < -0.3 is 9.30 Å². The van der Waals surface area contributed by atoms with E-state index >= 15 is 0 Å². The van der Waals surface area contributed by atoms with Crippen LogP contribution in [0, 0.1) is 5.92 Å². The van der Waals surface area contributed by atoms with Crippen molar-refractivity contribution in [2.45, 2.75) is 51.4 Å². The second-order valence-corrected chi connectivity index (χ2v) is 7.04. The van der Waals surface area contributed by atoms with E-state index in [1.807, 2.05) is 27.7 Å². The highest BCUT2D eigenvalue weighted by Crippen LogP contribution is 2.18. The van der Waals surface area contributed by atoms with Gasteiger partial charge in [0, 0.05) is 20.1 Å². The molecule has 0 unspecified atom stereocenters. The van der Waals surface area contributed by atoms with Crippen molar-refractivity contribution < 1.29 is 13.2 Å². The molecule has 0 saturated carbocycles. The van der Waals surface area contributed by atoms with Gasteiger partial charge in [-0.1, -0.05) is 13.8 Å². The monoisotopic (exact) mass is 290 g/mol. The molecule has 1 rings (SSSR count). The highest BCUT2D eigenvalue weighted by molar-refractivity contribution is 7.89. The van der Waals surface area contributed by atoms with Gasteiger partial charge in [0.25, 0.3) is 15.2 Å². The van der Waals surface area contributed by atoms with E-state index in [1.54, 1.807) is 11.7 Å². The van der Waals surface area contributed by atoms with Crippen molar-refractivity contribution in [1.29, 1.82) is 0 Å². The molecule has 110 valence electrons. The first-order chi connectivity index (χ1) is 8.57. The number of nitrogens with zero attached hydrogens (tertiary/aromatic N) is 3. The zero-order valence-corrected chi connectivity index (χ0v) is 12.9. The van der Waals surface area contributed by atoms with E-state index in [1.165, 1.54) is 0 Å². The maximum Gasteiger partial charge on any atom is 0.273 e. The van der Waals surface area contributed by atoms with Crippen LogP contribution in [0.4, 0.5) is 0 Å². The molecular formula is C11H22N4O3S. The van der Waals surface area contributed by atoms with Crippen LogP contribution in [0.3, 0.4) is 0 Å². The molecule has 0 atom stereocenters. The normalized spacial score (nSPS) is 13.2. The number of methoxy groups -OCH3 is 1. The summed E-state index contributed by atoms with van der Waals surface area (Å²) in [6.45, 7) is 8.26. The predicted octanol–water partition coefficient (Wildman–Crippen LogP) is 0.549. The van der Waals surface area contributed by atoms with Crippen LogP contribution < -0.4 is 5.14 Å². The molecule has 1 heterocycles. The summed E-state index contributed by atoms with van der Waals surface area (Å²) < 4.78 is 29.9. The lowest BCUT2D eigenvalue weighted by atomic mass is 10.0. The number of ether oxygens (including phenoxy) is 1. The average molecular weight is 290 g/mol. The third-order valence-electron chi connectivity index (χ3n) is 2.73. The van der Waals surface area contributed by atoms with Crippen LogP contribution >= 0.6 is 0 Å². The van der Waals surface area contributed by atoms with E-state index in [9.17, 15) is 8.42 Å². The minimum Gasteiger partial charge on any atom is -0.378 e. The van der Waals surface area contributed by atoms with Crippen LogP contribution in [-0.4, -0.2) is 35.9 Å². The van der Waals surface area contributed by atoms with Gasteiger partial charge in [0.1, 0.15) is 5.82 Å². The third kappa shape index (κ3) is 4.26. The Labute approximate surface area is 114 Å². The molecule has 0 radical (unpaired) electrons. The van der Waals surface area contributed by atoms with Crippen LogP contribution in [0.1, 0.15) is 33.5 Å². The maximum absolute atomic E-state index is 11.5. The summed E-state index contributed by atoms with van der Waals surface area (Å²) in [6, 6.07) is 0. The van der Waals surface area contributed by atoms with E-state index in [4.69, 9.17) is 9.88 Å². The van der Waals surface area contributed by atoms with Crippen molar-refractivity contribution in [3.8, 4) is 0 Å². The fourth-order valence-electron chi connectivity index (χ4n) is 1.66. The second-order valence-electron chi connectivity index (χ2n) is 5.59. The smallest absolute Gasteiger partial charge is 0.273 e. The quantitative estimate of drug-likeness (QED) is 0.824. The first kappa shape index (κ1) is 16.1. The van der Waals surface area contributed by atoms with Crippen molar-refractivity contribution in [2.24, 2.45) is 11.1 Å². The summed E-state index contributed by atoms with van der Waals surface area (Å²) in [5, 5.41) is 12.6. The van der Waals surface area contributed by atoms with Gasteiger partial charge in [-0.25, -0.2) is 13.6 Å². The van der Waals surface area contributed by atoms with Gasteiger partial charge >= 0.3 is 0 Å². The van der Waals surface area contributed by atoms with Gasteiger partial charge in [-0.3, -0.25) is 0 Å². The van der Waals surface area contributed by atoms with E-state index in [0.29, 0.717) is 18.8 Å². The van der Waals surface area contributed by atoms with Crippen molar-refractivity contribution >= 4 is 10.0 Å². The summed E-state index contributed by atoms with van der Waals surface area (Å²) >= 11 is 0. The summed E-state index contributed by atoms with van der Waals surface area (Å²) in [7, 11) is -2.27. The third-order valence-corrected chi connectivity index (χ3v) is 3.54. The van der Waals surface area contributed by atoms with E-state index < -0.39 is 15.6 Å². The lowest BCUT2D eigenvalue weighted by Gasteiger charge is -2.23. The molecule has 2 N–H and O–H groups in total. The summed E-state index contributed by atoms with van der Waals surface area (Å²) in [5.41, 5.74) is -0.447. The highest BCUT2D eigenvalue weighted by Gasteiger charge is 2.26. The largest absolute Gasteiger partial charge is 0.378 e. The number of primary sulfonamides is 1. The topological polar surface area (TPSA) is 100 Å². The van der Waals surface area contributed by atoms with Gasteiger partial charge in [0.05, 0.1) is 5.60 Å². The molecule has 0 spiro atoms. The summed E-state index contributed by atoms with van der Waals surface area (Å²) in [6.07, 6.45) is 0.457. The van der Waals surface area contributed by atoms with Crippen LogP contribution in [-0.2, 0) is 27.7 Å². The predicted molar refractivity (Wildman–Crippen MR) is 71.0 cm³/mol. The van der Waals surface area contributed by atoms with Crippen molar-refractivity contribution in [3.05, 3.63) is 5.82 Å². The van der Waals surface area contributed by atoms with E-state index in [2.05, 4.69) is 10.2 Å². The molecule has 0 aliphatic rings. The van der Waals surface area contributed by atoms with E-state index in [-0.39, 0.29) is 11.1 Å². The zero-order chi connectivity index (χ0) is 14.8. The number of rotatable bonds is 6. The number of aromatic nitrogens is 3. The Kier molecular flexibility index (Phi) is 4.70. The molecule has 0 amide bonds. The van der Waals surface area contributed by atoms with Crippen molar-refractivity contribution in [3.63, 3.8) is 0 Å². The Bertz CT molecular complexity index is 534. The molecule has 1 aromatic rings. The lowest BCUT2D eigenvalue weighted by Crippen LogP contribution is -2.29. The minimum atomic E-state index is -3.87. The highest BCUT2D eigenvalue weighted by atomic mass is 32.2. The number of hydrogen-bond acceptors (Lipinski definition) is 5. The molecule has 1 aromatic heterocycles. The zero-order valence-electron chi connectivity index (χ0n) is 12.0. The lowest BCUT2D eigenvalue weighted by molar-refractivity contribution is 0.0206. The van der Waals surface area contributed by atoms with Gasteiger partial charge in [0.15, 0.2) is 0 Å². The maximum atomic E-state index is 11.5. The Morgan fingerprint density at radius 3 is 2.37 bits per heavy atom. The van der Waals surface area contributed by atoms with Gasteiger partial charge in [-0.05, 0) is 19.8 Å². The van der Waals surface area contributed by atoms with E-state index in [0.717, 1.165) is 0 Å². The van der Waals surface area contributed by atoms with Gasteiger partial charge in [-0.15, -0.1) is 10.2 Å². The molecule has 0 fully saturated rings. The standard InChI is InChI=1S/C11H22N4O3S/c1-8(2)7-15-9(6-11(3,4)18-5)13-14-10(15)19(12,16)17/h8H,6-7H2,1-5H3,(H2,12,16,17). The summed E-state index contributed by atoms with van der Waals surface area (Å²) in [4.78, 5) is 0. The Hall–Kier alpha value is -0.990. The number of sulfonamides is 1. The van der Waals surface area contributed by atoms with Crippen LogP contribution in [0.25, 0.3) is 0 Å². The molecule has 0 aromatic carbocycles. The van der Waals surface area contributed by atoms with Crippen LogP contribution in [0.5, 0.6) is 0 Å². The van der Waals surface area contributed by atoms with Gasteiger partial charge in [0.2, 0.25) is 0 Å². The molecule has 8 heteroatoms. The summed E-state index contributed by atoms with van der Waals surface area (Å²) in [5.74, 6) is 0.811. The SMILES string of the molecule is COC(C)(C)Cc1nnc(S(N)(=O)=O)n1CC(C)C. The molecular weight excluding hydrogens is 268 g/mol. The molecule has 19 heavy (non-hydrogen) atoms. The van der Waals surface area contributed by atoms with Gasteiger partial charge in [-0.2, -0.15) is 0 Å². The molecule has 0 saturated heterocycles.